The Bertz CT molecular complexity index is 1180. The maximum absolute atomic E-state index is 12.8. The van der Waals surface area contributed by atoms with Crippen molar-refractivity contribution in [2.24, 2.45) is 0 Å². The van der Waals surface area contributed by atoms with Crippen molar-refractivity contribution < 1.29 is 28.4 Å². The van der Waals surface area contributed by atoms with E-state index < -0.39 is 22.4 Å². The van der Waals surface area contributed by atoms with E-state index in [2.05, 4.69) is 6.58 Å². The van der Waals surface area contributed by atoms with Crippen LogP contribution in [0, 0.1) is 0 Å². The monoisotopic (exact) mass is 513 g/mol. The van der Waals surface area contributed by atoms with E-state index in [1.807, 2.05) is 30.3 Å². The molecule has 8 heteroatoms. The summed E-state index contributed by atoms with van der Waals surface area (Å²) in [7, 11) is -2.53. The van der Waals surface area contributed by atoms with Gasteiger partial charge in [-0.2, -0.15) is 0 Å². The van der Waals surface area contributed by atoms with Gasteiger partial charge < -0.3 is 14.7 Å². The van der Waals surface area contributed by atoms with Crippen LogP contribution in [0.15, 0.2) is 95.0 Å². The van der Waals surface area contributed by atoms with Gasteiger partial charge in [-0.25, -0.2) is 4.57 Å². The Morgan fingerprint density at radius 1 is 0.971 bits per heavy atom. The highest BCUT2D eigenvalue weighted by Gasteiger charge is 2.33. The third-order valence-electron chi connectivity index (χ3n) is 5.59. The number of rotatable bonds is 11. The normalized spacial score (nSPS) is 14.5. The van der Waals surface area contributed by atoms with E-state index in [1.165, 1.54) is 0 Å². The fourth-order valence-corrected chi connectivity index (χ4v) is 4.31. The Labute approximate surface area is 209 Å². The Morgan fingerprint density at radius 3 is 1.97 bits per heavy atom. The van der Waals surface area contributed by atoms with Crippen LogP contribution < -0.4 is 9.05 Å². The van der Waals surface area contributed by atoms with Crippen molar-refractivity contribution in [3.05, 3.63) is 95.0 Å². The molecule has 0 aromatic heterocycles. The van der Waals surface area contributed by atoms with E-state index in [0.717, 1.165) is 16.7 Å². The van der Waals surface area contributed by atoms with Crippen LogP contribution in [0.25, 0.3) is 11.1 Å². The van der Waals surface area contributed by atoms with Crippen LogP contribution in [0.2, 0.25) is 0 Å². The quantitative estimate of drug-likeness (QED) is 0.177. The first-order chi connectivity index (χ1) is 16.5. The van der Waals surface area contributed by atoms with E-state index in [9.17, 15) is 19.3 Å². The molecule has 0 fully saturated rings. The summed E-state index contributed by atoms with van der Waals surface area (Å²) >= 11 is 0. The number of hydrogen-bond acceptors (Lipinski definition) is 6. The van der Waals surface area contributed by atoms with Gasteiger partial charge >= 0.3 is 16.7 Å². The smallest absolute Gasteiger partial charge is 0.508 e. The molecule has 2 unspecified atom stereocenters. The molecule has 0 aliphatic carbocycles. The van der Waals surface area contributed by atoms with Crippen LogP contribution in [0.3, 0.4) is 0 Å². The van der Waals surface area contributed by atoms with Crippen molar-refractivity contribution in [3.63, 3.8) is 0 Å². The van der Waals surface area contributed by atoms with Crippen LogP contribution >= 0.6 is 16.7 Å². The summed E-state index contributed by atoms with van der Waals surface area (Å²) in [6.45, 7) is 12.5. The van der Waals surface area contributed by atoms with Gasteiger partial charge in [0, 0.05) is 5.57 Å². The molecule has 2 atom stereocenters. The van der Waals surface area contributed by atoms with Crippen molar-refractivity contribution in [3.8, 4) is 22.6 Å². The molecule has 35 heavy (non-hydrogen) atoms. The van der Waals surface area contributed by atoms with E-state index in [4.69, 9.17) is 9.05 Å². The Balaban J connectivity index is 2.08. The summed E-state index contributed by atoms with van der Waals surface area (Å²) in [4.78, 5) is 0. The number of aliphatic hydroxyl groups is 2. The summed E-state index contributed by atoms with van der Waals surface area (Å²) in [5.41, 5.74) is 3.88. The Kier molecular flexibility index (Phi) is 10.4. The van der Waals surface area contributed by atoms with Gasteiger partial charge in [0.25, 0.3) is 0 Å². The zero-order valence-corrected chi connectivity index (χ0v) is 22.4. The van der Waals surface area contributed by atoms with Gasteiger partial charge in [-0.1, -0.05) is 36.9 Å². The molecule has 0 saturated heterocycles. The van der Waals surface area contributed by atoms with Crippen LogP contribution in [-0.2, 0) is 9.13 Å². The predicted molar refractivity (Wildman–Crippen MR) is 142 cm³/mol. The molecule has 2 aromatic rings. The molecule has 0 radical (unpaired) electrons. The second-order valence-corrected chi connectivity index (χ2v) is 10.2. The Hall–Kier alpha value is -3.20. The third-order valence-corrected chi connectivity index (χ3v) is 7.29. The van der Waals surface area contributed by atoms with Crippen LogP contribution in [0.4, 0.5) is 0 Å². The molecule has 2 aromatic carbocycles. The summed E-state index contributed by atoms with van der Waals surface area (Å²) in [5, 5.41) is 20.6. The predicted octanol–water partition coefficient (Wildman–Crippen LogP) is 9.03. The van der Waals surface area contributed by atoms with Gasteiger partial charge in [0.2, 0.25) is 5.66 Å². The van der Waals surface area contributed by atoms with Crippen LogP contribution in [-0.4, -0.2) is 15.9 Å². The third kappa shape index (κ3) is 7.92. The molecule has 0 aliphatic rings. The summed E-state index contributed by atoms with van der Waals surface area (Å²) in [6.07, 6.45) is 2.27. The largest absolute Gasteiger partial charge is 0.563 e. The zero-order chi connectivity index (χ0) is 26.1. The average Bonchev–Trinajstić information content (AvgIpc) is 2.86. The highest BCUT2D eigenvalue weighted by molar-refractivity contribution is 7.40. The number of benzene rings is 2. The summed E-state index contributed by atoms with van der Waals surface area (Å²) in [6, 6.07) is 14.3. The number of allylic oxidation sites excluding steroid dienone is 5. The second kappa shape index (κ2) is 13.0. The highest BCUT2D eigenvalue weighted by atomic mass is 31.1. The maximum Gasteiger partial charge on any atom is 0.563 e. The minimum Gasteiger partial charge on any atom is -0.508 e. The van der Waals surface area contributed by atoms with E-state index in [1.54, 1.807) is 58.9 Å². The lowest BCUT2D eigenvalue weighted by molar-refractivity contribution is 0.411. The molecular formula is C27H31O6P2+. The molecule has 2 rings (SSSR count). The number of aliphatic hydroxyl groups excluding tert-OH is 2. The van der Waals surface area contributed by atoms with E-state index in [0.29, 0.717) is 34.6 Å². The SMILES string of the molecule is C=C(C)/C(O)=C(/C)C/C=C(C)\C(O)=C(\C)C(C)[P+](=O)Oc1ccc(-c2ccc(OP=O)cc2)cc1. The average molecular weight is 513 g/mol. The van der Waals surface area contributed by atoms with E-state index in [-0.39, 0.29) is 11.5 Å². The van der Waals surface area contributed by atoms with Crippen LogP contribution in [0.5, 0.6) is 11.5 Å². The summed E-state index contributed by atoms with van der Waals surface area (Å²) < 4.78 is 33.9. The van der Waals surface area contributed by atoms with Crippen molar-refractivity contribution in [2.45, 2.75) is 46.7 Å². The Morgan fingerprint density at radius 2 is 1.49 bits per heavy atom. The van der Waals surface area contributed by atoms with Crippen molar-refractivity contribution in [1.29, 1.82) is 0 Å². The highest BCUT2D eigenvalue weighted by Crippen LogP contribution is 2.38. The van der Waals surface area contributed by atoms with Gasteiger partial charge in [0.15, 0.2) is 5.75 Å². The molecule has 0 amide bonds. The second-order valence-electron chi connectivity index (χ2n) is 8.30. The summed E-state index contributed by atoms with van der Waals surface area (Å²) in [5.74, 6) is 1.19. The van der Waals surface area contributed by atoms with Crippen molar-refractivity contribution in [1.82, 2.24) is 0 Å². The molecule has 0 bridgehead atoms. The minimum atomic E-state index is -2.13. The lowest BCUT2D eigenvalue weighted by Gasteiger charge is -2.09. The molecule has 0 spiro atoms. The van der Waals surface area contributed by atoms with Gasteiger partial charge in [-0.3, -0.25) is 4.52 Å². The van der Waals surface area contributed by atoms with Crippen molar-refractivity contribution in [2.75, 3.05) is 0 Å². The number of hydrogen-bond donors (Lipinski definition) is 2. The van der Waals surface area contributed by atoms with Gasteiger partial charge in [-0.15, -0.1) is 0 Å². The minimum absolute atomic E-state index is 0.0614. The molecule has 2 N–H and O–H groups in total. The van der Waals surface area contributed by atoms with Gasteiger partial charge in [0.05, 0.1) is 0 Å². The molecule has 0 heterocycles. The first-order valence-corrected chi connectivity index (χ1v) is 13.0. The fraction of sp³-hybridized carbons (Fsp3) is 0.259. The van der Waals surface area contributed by atoms with Crippen molar-refractivity contribution >= 4 is 16.7 Å². The molecule has 6 nitrogen and oxygen atoms in total. The first-order valence-electron chi connectivity index (χ1n) is 11.0. The molecular weight excluding hydrogens is 482 g/mol. The van der Waals surface area contributed by atoms with Gasteiger partial charge in [0.1, 0.15) is 17.3 Å². The lowest BCUT2D eigenvalue weighted by Crippen LogP contribution is -2.05. The first kappa shape index (κ1) is 28.0. The fourth-order valence-electron chi connectivity index (χ4n) is 3.17. The van der Waals surface area contributed by atoms with Crippen LogP contribution in [0.1, 0.15) is 41.0 Å². The molecule has 184 valence electrons. The standard InChI is InChI=1S/C27H30O6P2/c1-17(2)26(28)18(3)7-8-19(4)27(29)20(5)21(6)35(31)33-25-15-11-23(12-16-25)22-9-13-24(14-10-22)32-34-30/h8-16,21H,1,7H2,2-6H3,(H-,28,29)/p+1/b19-8-,26-18+,27-20+. The topological polar surface area (TPSA) is 93.1 Å². The molecule has 0 saturated carbocycles. The molecule has 0 aliphatic heterocycles. The van der Waals surface area contributed by atoms with E-state index >= 15 is 0 Å². The lowest BCUT2D eigenvalue weighted by atomic mass is 10.0. The maximum atomic E-state index is 12.8. The van der Waals surface area contributed by atoms with Gasteiger partial charge in [-0.05, 0) is 97.7 Å². The zero-order valence-electron chi connectivity index (χ0n) is 20.6.